The summed E-state index contributed by atoms with van der Waals surface area (Å²) in [5.74, 6) is 0.822. The molecule has 1 saturated heterocycles. The molecular weight excluding hydrogens is 242 g/mol. The number of ether oxygens (including phenoxy) is 2. The summed E-state index contributed by atoms with van der Waals surface area (Å²) in [6, 6.07) is 0. The highest BCUT2D eigenvalue weighted by Crippen LogP contribution is 2.24. The molecule has 1 aromatic heterocycles. The van der Waals surface area contributed by atoms with E-state index in [1.165, 1.54) is 6.42 Å². The Hall–Kier alpha value is -1.04. The molecule has 1 aliphatic rings. The van der Waals surface area contributed by atoms with Gasteiger partial charge in [-0.25, -0.2) is 9.97 Å². The lowest BCUT2D eigenvalue weighted by molar-refractivity contribution is 0.00938. The Bertz CT molecular complexity index is 363. The number of hydrogen-bond acceptors (Lipinski definition) is 5. The molecular formula is C14H23N3O2. The van der Waals surface area contributed by atoms with Crippen LogP contribution in [0.1, 0.15) is 36.8 Å². The lowest BCUT2D eigenvalue weighted by atomic mass is 10.1. The molecule has 0 radical (unpaired) electrons. The van der Waals surface area contributed by atoms with Crippen LogP contribution in [-0.4, -0.2) is 48.8 Å². The molecule has 5 heteroatoms. The van der Waals surface area contributed by atoms with E-state index in [2.05, 4.69) is 21.9 Å². The van der Waals surface area contributed by atoms with E-state index >= 15 is 0 Å². The Balaban J connectivity index is 1.86. The van der Waals surface area contributed by atoms with Gasteiger partial charge in [-0.1, -0.05) is 0 Å². The second-order valence-electron chi connectivity index (χ2n) is 5.04. The monoisotopic (exact) mass is 265 g/mol. The zero-order valence-electron chi connectivity index (χ0n) is 11.8. The van der Waals surface area contributed by atoms with E-state index in [0.717, 1.165) is 50.5 Å². The van der Waals surface area contributed by atoms with Crippen molar-refractivity contribution < 1.29 is 9.47 Å². The largest absolute Gasteiger partial charge is 0.383 e. The molecule has 0 amide bonds. The topological polar surface area (TPSA) is 47.5 Å². The second kappa shape index (κ2) is 7.53. The van der Waals surface area contributed by atoms with Crippen molar-refractivity contribution in [2.45, 2.75) is 31.9 Å². The van der Waals surface area contributed by atoms with Crippen molar-refractivity contribution in [2.75, 3.05) is 33.9 Å². The van der Waals surface area contributed by atoms with E-state index < -0.39 is 0 Å². The normalized spacial score (nSPS) is 19.8. The first kappa shape index (κ1) is 14.4. The third-order valence-corrected chi connectivity index (χ3v) is 3.32. The molecule has 0 N–H and O–H groups in total. The Morgan fingerprint density at radius 2 is 2.16 bits per heavy atom. The predicted octanol–water partition coefficient (Wildman–Crippen LogP) is 1.80. The average Bonchev–Trinajstić information content (AvgIpc) is 2.47. The van der Waals surface area contributed by atoms with Gasteiger partial charge < -0.3 is 9.47 Å². The molecule has 1 atom stereocenters. The molecule has 1 fully saturated rings. The average molecular weight is 265 g/mol. The Kier molecular flexibility index (Phi) is 5.69. The van der Waals surface area contributed by atoms with E-state index in [9.17, 15) is 0 Å². The van der Waals surface area contributed by atoms with Crippen LogP contribution >= 0.6 is 0 Å². The Labute approximate surface area is 115 Å². The number of methoxy groups -OCH3 is 1. The van der Waals surface area contributed by atoms with Gasteiger partial charge in [0.15, 0.2) is 5.82 Å². The van der Waals surface area contributed by atoms with Crippen LogP contribution in [0.2, 0.25) is 0 Å². The fourth-order valence-electron chi connectivity index (χ4n) is 2.19. The molecule has 0 saturated carbocycles. The molecule has 2 heterocycles. The van der Waals surface area contributed by atoms with Crippen molar-refractivity contribution >= 4 is 0 Å². The van der Waals surface area contributed by atoms with Crippen LogP contribution in [0.5, 0.6) is 0 Å². The number of likely N-dealkylation sites (N-methyl/N-ethyl adjacent to an activating group) is 1. The van der Waals surface area contributed by atoms with Crippen LogP contribution in [0.4, 0.5) is 0 Å². The second-order valence-corrected chi connectivity index (χ2v) is 5.04. The Morgan fingerprint density at radius 3 is 2.79 bits per heavy atom. The highest BCUT2D eigenvalue weighted by Gasteiger charge is 2.18. The minimum atomic E-state index is 0.0917. The van der Waals surface area contributed by atoms with Gasteiger partial charge in [0.25, 0.3) is 0 Å². The highest BCUT2D eigenvalue weighted by atomic mass is 16.5. The van der Waals surface area contributed by atoms with Gasteiger partial charge in [0.2, 0.25) is 0 Å². The van der Waals surface area contributed by atoms with Crippen molar-refractivity contribution in [3.8, 4) is 0 Å². The van der Waals surface area contributed by atoms with Crippen LogP contribution in [0.3, 0.4) is 0 Å². The van der Waals surface area contributed by atoms with Crippen molar-refractivity contribution in [1.82, 2.24) is 14.9 Å². The Morgan fingerprint density at radius 1 is 1.37 bits per heavy atom. The van der Waals surface area contributed by atoms with Gasteiger partial charge >= 0.3 is 0 Å². The van der Waals surface area contributed by atoms with Gasteiger partial charge in [-0.15, -0.1) is 0 Å². The molecule has 1 aromatic rings. The number of nitrogens with zero attached hydrogens (tertiary/aromatic N) is 3. The smallest absolute Gasteiger partial charge is 0.157 e. The molecule has 0 bridgehead atoms. The minimum Gasteiger partial charge on any atom is -0.383 e. The van der Waals surface area contributed by atoms with Crippen molar-refractivity contribution in [2.24, 2.45) is 0 Å². The van der Waals surface area contributed by atoms with Crippen LogP contribution in [0.25, 0.3) is 0 Å². The van der Waals surface area contributed by atoms with E-state index in [0.29, 0.717) is 0 Å². The summed E-state index contributed by atoms with van der Waals surface area (Å²) in [5, 5.41) is 0. The highest BCUT2D eigenvalue weighted by molar-refractivity contribution is 5.06. The fraction of sp³-hybridized carbons (Fsp3) is 0.714. The summed E-state index contributed by atoms with van der Waals surface area (Å²) < 4.78 is 10.7. The number of aromatic nitrogens is 2. The first-order chi connectivity index (χ1) is 9.29. The standard InChI is InChI=1S/C14H23N3O2/c1-17(6-8-18-2)11-12-9-15-14(16-10-12)13-5-3-4-7-19-13/h9-10,13H,3-8,11H2,1-2H3/t13-/m0/s1. The molecule has 19 heavy (non-hydrogen) atoms. The van der Waals surface area contributed by atoms with E-state index in [1.54, 1.807) is 7.11 Å². The molecule has 5 nitrogen and oxygen atoms in total. The lowest BCUT2D eigenvalue weighted by Gasteiger charge is -2.21. The maximum atomic E-state index is 5.69. The lowest BCUT2D eigenvalue weighted by Crippen LogP contribution is -2.22. The van der Waals surface area contributed by atoms with Gasteiger partial charge in [0.05, 0.1) is 6.61 Å². The zero-order chi connectivity index (χ0) is 13.5. The van der Waals surface area contributed by atoms with Gasteiger partial charge in [-0.3, -0.25) is 4.90 Å². The molecule has 2 rings (SSSR count). The summed E-state index contributed by atoms with van der Waals surface area (Å²) in [4.78, 5) is 11.1. The number of rotatable bonds is 6. The first-order valence-corrected chi connectivity index (χ1v) is 6.89. The van der Waals surface area contributed by atoms with Gasteiger partial charge in [-0.05, 0) is 26.3 Å². The van der Waals surface area contributed by atoms with Crippen LogP contribution < -0.4 is 0 Å². The van der Waals surface area contributed by atoms with Gasteiger partial charge in [-0.2, -0.15) is 0 Å². The van der Waals surface area contributed by atoms with Crippen LogP contribution in [-0.2, 0) is 16.0 Å². The third kappa shape index (κ3) is 4.53. The van der Waals surface area contributed by atoms with Crippen LogP contribution in [0, 0.1) is 0 Å². The molecule has 1 aliphatic heterocycles. The maximum Gasteiger partial charge on any atom is 0.157 e. The third-order valence-electron chi connectivity index (χ3n) is 3.32. The fourth-order valence-corrected chi connectivity index (χ4v) is 2.19. The zero-order valence-corrected chi connectivity index (χ0v) is 11.8. The molecule has 0 unspecified atom stereocenters. The molecule has 0 aromatic carbocycles. The predicted molar refractivity (Wildman–Crippen MR) is 72.8 cm³/mol. The van der Waals surface area contributed by atoms with Crippen molar-refractivity contribution in [3.05, 3.63) is 23.8 Å². The molecule has 0 spiro atoms. The number of hydrogen-bond donors (Lipinski definition) is 0. The van der Waals surface area contributed by atoms with Gasteiger partial charge in [0, 0.05) is 44.8 Å². The quantitative estimate of drug-likeness (QED) is 0.785. The molecule has 0 aliphatic carbocycles. The summed E-state index contributed by atoms with van der Waals surface area (Å²) in [7, 11) is 3.78. The van der Waals surface area contributed by atoms with E-state index in [1.807, 2.05) is 12.4 Å². The summed E-state index contributed by atoms with van der Waals surface area (Å²) >= 11 is 0. The van der Waals surface area contributed by atoms with Gasteiger partial charge in [0.1, 0.15) is 6.10 Å². The maximum absolute atomic E-state index is 5.69. The SMILES string of the molecule is COCCN(C)Cc1cnc([C@@H]2CCCCO2)nc1. The summed E-state index contributed by atoms with van der Waals surface area (Å²) in [5.41, 5.74) is 1.12. The minimum absolute atomic E-state index is 0.0917. The van der Waals surface area contributed by atoms with Crippen molar-refractivity contribution in [3.63, 3.8) is 0 Å². The first-order valence-electron chi connectivity index (χ1n) is 6.89. The van der Waals surface area contributed by atoms with E-state index in [-0.39, 0.29) is 6.10 Å². The summed E-state index contributed by atoms with van der Waals surface area (Å²) in [6.07, 6.45) is 7.29. The van der Waals surface area contributed by atoms with Crippen LogP contribution in [0.15, 0.2) is 12.4 Å². The van der Waals surface area contributed by atoms with Crippen molar-refractivity contribution in [1.29, 1.82) is 0 Å². The van der Waals surface area contributed by atoms with E-state index in [4.69, 9.17) is 9.47 Å². The molecule has 106 valence electrons. The summed E-state index contributed by atoms with van der Waals surface area (Å²) in [6.45, 7) is 3.32.